The second kappa shape index (κ2) is 10.4. The maximum absolute atomic E-state index is 12.7. The lowest BCUT2D eigenvalue weighted by atomic mass is 9.83. The van der Waals surface area contributed by atoms with Gasteiger partial charge in [0.1, 0.15) is 5.00 Å². The summed E-state index contributed by atoms with van der Waals surface area (Å²) in [6, 6.07) is 13.5. The molecule has 1 aliphatic carbocycles. The first-order chi connectivity index (χ1) is 16.1. The Labute approximate surface area is 195 Å². The third-order valence-electron chi connectivity index (χ3n) is 5.50. The number of hydrogen-bond donors (Lipinski definition) is 1. The number of rotatable bonds is 7. The Bertz CT molecular complexity index is 1140. The van der Waals surface area contributed by atoms with Crippen LogP contribution in [0.4, 0.5) is 5.00 Å². The Morgan fingerprint density at radius 2 is 1.91 bits per heavy atom. The van der Waals surface area contributed by atoms with Crippen LogP contribution in [-0.2, 0) is 27.1 Å². The van der Waals surface area contributed by atoms with Crippen LogP contribution in [0, 0.1) is 0 Å². The number of hydrogen-bond acceptors (Lipinski definition) is 7. The van der Waals surface area contributed by atoms with Crippen LogP contribution >= 0.6 is 11.3 Å². The largest absolute Gasteiger partial charge is 0.462 e. The van der Waals surface area contributed by atoms with E-state index in [2.05, 4.69) is 22.4 Å². The molecule has 2 aromatic heterocycles. The van der Waals surface area contributed by atoms with Crippen molar-refractivity contribution in [3.05, 3.63) is 82.0 Å². The molecule has 0 saturated carbocycles. The van der Waals surface area contributed by atoms with Gasteiger partial charge in [0.2, 0.25) is 0 Å². The minimum absolute atomic E-state index is 0.242. The fourth-order valence-corrected chi connectivity index (χ4v) is 5.30. The van der Waals surface area contributed by atoms with E-state index >= 15 is 0 Å². The molecular formula is C25H24N2O5S. The van der Waals surface area contributed by atoms with Crippen molar-refractivity contribution in [3.63, 3.8) is 0 Å². The van der Waals surface area contributed by atoms with E-state index in [-0.39, 0.29) is 12.2 Å². The zero-order valence-electron chi connectivity index (χ0n) is 18.2. The number of amides is 1. The van der Waals surface area contributed by atoms with Gasteiger partial charge in [0.05, 0.1) is 17.7 Å². The van der Waals surface area contributed by atoms with Gasteiger partial charge in [-0.05, 0) is 55.4 Å². The average Bonchev–Trinajstić information content (AvgIpc) is 3.20. The normalized spacial score (nSPS) is 14.8. The molecule has 0 fully saturated rings. The van der Waals surface area contributed by atoms with Crippen LogP contribution in [0.1, 0.15) is 56.0 Å². The van der Waals surface area contributed by atoms with Gasteiger partial charge in [-0.2, -0.15) is 0 Å². The molecule has 170 valence electrons. The SMILES string of the molecule is CCOC(=O)c1c(NC(=O)COC(=O)c2cccnc2)sc2c1CCC(c1ccccc1)C2. The van der Waals surface area contributed by atoms with E-state index in [1.165, 1.54) is 23.1 Å². The fraction of sp³-hybridized carbons (Fsp3) is 0.280. The highest BCUT2D eigenvalue weighted by atomic mass is 32.1. The molecule has 8 heteroatoms. The van der Waals surface area contributed by atoms with Crippen LogP contribution < -0.4 is 5.32 Å². The van der Waals surface area contributed by atoms with Crippen molar-refractivity contribution >= 4 is 34.2 Å². The van der Waals surface area contributed by atoms with Crippen LogP contribution in [0.2, 0.25) is 0 Å². The minimum Gasteiger partial charge on any atom is -0.462 e. The average molecular weight is 465 g/mol. The van der Waals surface area contributed by atoms with Crippen LogP contribution in [-0.4, -0.2) is 36.0 Å². The van der Waals surface area contributed by atoms with Crippen LogP contribution in [0.5, 0.6) is 0 Å². The molecule has 0 spiro atoms. The van der Waals surface area contributed by atoms with E-state index < -0.39 is 24.5 Å². The van der Waals surface area contributed by atoms with Crippen molar-refractivity contribution < 1.29 is 23.9 Å². The predicted octanol–water partition coefficient (Wildman–Crippen LogP) is 4.39. The first kappa shape index (κ1) is 22.7. The summed E-state index contributed by atoms with van der Waals surface area (Å²) in [6.45, 7) is 1.52. The third kappa shape index (κ3) is 5.28. The van der Waals surface area contributed by atoms with E-state index in [1.54, 1.807) is 25.3 Å². The van der Waals surface area contributed by atoms with Crippen molar-refractivity contribution in [3.8, 4) is 0 Å². The van der Waals surface area contributed by atoms with E-state index in [1.807, 2.05) is 18.2 Å². The summed E-state index contributed by atoms with van der Waals surface area (Å²) in [5.74, 6) is -1.25. The summed E-state index contributed by atoms with van der Waals surface area (Å²) in [4.78, 5) is 42.3. The van der Waals surface area contributed by atoms with E-state index in [0.717, 1.165) is 29.7 Å². The highest BCUT2D eigenvalue weighted by Crippen LogP contribution is 2.42. The van der Waals surface area contributed by atoms with E-state index in [0.29, 0.717) is 16.5 Å². The fourth-order valence-electron chi connectivity index (χ4n) is 3.96. The zero-order chi connectivity index (χ0) is 23.2. The standard InChI is InChI=1S/C25H24N2O5S/c1-2-31-25(30)22-19-11-10-17(16-7-4-3-5-8-16)13-20(19)33-23(22)27-21(28)15-32-24(29)18-9-6-12-26-14-18/h3-9,12,14,17H,2,10-11,13,15H2,1H3,(H,27,28). The molecule has 1 amide bonds. The summed E-state index contributed by atoms with van der Waals surface area (Å²) in [5, 5.41) is 3.19. The van der Waals surface area contributed by atoms with Gasteiger partial charge in [-0.25, -0.2) is 9.59 Å². The maximum Gasteiger partial charge on any atom is 0.341 e. The smallest absolute Gasteiger partial charge is 0.341 e. The number of carbonyl (C=O) groups excluding carboxylic acids is 3. The molecule has 0 bridgehead atoms. The Balaban J connectivity index is 1.50. The van der Waals surface area contributed by atoms with Gasteiger partial charge in [0.15, 0.2) is 6.61 Å². The number of nitrogens with zero attached hydrogens (tertiary/aromatic N) is 1. The number of nitrogens with one attached hydrogen (secondary N) is 1. The van der Waals surface area contributed by atoms with Gasteiger partial charge < -0.3 is 14.8 Å². The number of anilines is 1. The minimum atomic E-state index is -0.639. The molecule has 1 aromatic carbocycles. The molecule has 33 heavy (non-hydrogen) atoms. The molecule has 1 N–H and O–H groups in total. The highest BCUT2D eigenvalue weighted by molar-refractivity contribution is 7.17. The van der Waals surface area contributed by atoms with Gasteiger partial charge in [-0.1, -0.05) is 30.3 Å². The Morgan fingerprint density at radius 1 is 1.09 bits per heavy atom. The first-order valence-electron chi connectivity index (χ1n) is 10.8. The monoisotopic (exact) mass is 464 g/mol. The molecule has 0 radical (unpaired) electrons. The topological polar surface area (TPSA) is 94.6 Å². The van der Waals surface area contributed by atoms with Gasteiger partial charge >= 0.3 is 11.9 Å². The van der Waals surface area contributed by atoms with Crippen LogP contribution in [0.3, 0.4) is 0 Å². The predicted molar refractivity (Wildman–Crippen MR) is 125 cm³/mol. The van der Waals surface area contributed by atoms with Crippen molar-refractivity contribution in [2.75, 3.05) is 18.5 Å². The number of ether oxygens (including phenoxy) is 2. The summed E-state index contributed by atoms with van der Waals surface area (Å²) in [6.07, 6.45) is 5.35. The second-order valence-electron chi connectivity index (χ2n) is 7.64. The van der Waals surface area contributed by atoms with Crippen LogP contribution in [0.15, 0.2) is 54.9 Å². The summed E-state index contributed by atoms with van der Waals surface area (Å²) in [5.41, 5.74) is 2.88. The van der Waals surface area contributed by atoms with Crippen molar-refractivity contribution in [1.29, 1.82) is 0 Å². The number of fused-ring (bicyclic) bond motifs is 1. The Hall–Kier alpha value is -3.52. The number of pyridine rings is 1. The molecule has 7 nitrogen and oxygen atoms in total. The molecule has 3 aromatic rings. The number of aromatic nitrogens is 1. The number of thiophene rings is 1. The van der Waals surface area contributed by atoms with Crippen molar-refractivity contribution in [2.24, 2.45) is 0 Å². The zero-order valence-corrected chi connectivity index (χ0v) is 19.0. The number of benzene rings is 1. The van der Waals surface area contributed by atoms with Gasteiger partial charge in [0.25, 0.3) is 5.91 Å². The van der Waals surface area contributed by atoms with Crippen molar-refractivity contribution in [2.45, 2.75) is 32.1 Å². The summed E-state index contributed by atoms with van der Waals surface area (Å²) in [7, 11) is 0. The van der Waals surface area contributed by atoms with Gasteiger partial charge in [-0.15, -0.1) is 11.3 Å². The first-order valence-corrected chi connectivity index (χ1v) is 11.6. The number of carbonyl (C=O) groups is 3. The summed E-state index contributed by atoms with van der Waals surface area (Å²) >= 11 is 1.39. The summed E-state index contributed by atoms with van der Waals surface area (Å²) < 4.78 is 10.4. The van der Waals surface area contributed by atoms with E-state index in [4.69, 9.17) is 9.47 Å². The molecule has 2 heterocycles. The lowest BCUT2D eigenvalue weighted by molar-refractivity contribution is -0.119. The second-order valence-corrected chi connectivity index (χ2v) is 8.75. The number of esters is 2. The Kier molecular flexibility index (Phi) is 7.14. The molecule has 1 unspecified atom stereocenters. The maximum atomic E-state index is 12.7. The van der Waals surface area contributed by atoms with Gasteiger partial charge in [-0.3, -0.25) is 9.78 Å². The molecule has 1 aliphatic rings. The lowest BCUT2D eigenvalue weighted by Crippen LogP contribution is -2.22. The third-order valence-corrected chi connectivity index (χ3v) is 6.67. The Morgan fingerprint density at radius 3 is 2.64 bits per heavy atom. The highest BCUT2D eigenvalue weighted by Gasteiger charge is 2.31. The molecule has 0 saturated heterocycles. The van der Waals surface area contributed by atoms with Crippen LogP contribution in [0.25, 0.3) is 0 Å². The molecule has 4 rings (SSSR count). The van der Waals surface area contributed by atoms with E-state index in [9.17, 15) is 14.4 Å². The quantitative estimate of drug-likeness (QED) is 0.521. The molecular weight excluding hydrogens is 440 g/mol. The molecule has 0 aliphatic heterocycles. The van der Waals surface area contributed by atoms with Crippen molar-refractivity contribution in [1.82, 2.24) is 4.98 Å². The lowest BCUT2D eigenvalue weighted by Gasteiger charge is -2.23. The van der Waals surface area contributed by atoms with Gasteiger partial charge in [0, 0.05) is 17.3 Å². The molecule has 1 atom stereocenters.